The number of hydrogen-bond donors (Lipinski definition) is 1. The van der Waals surface area contributed by atoms with Crippen LogP contribution in [0.1, 0.15) is 21.4 Å². The molecule has 0 radical (unpaired) electrons. The van der Waals surface area contributed by atoms with E-state index in [9.17, 15) is 17.6 Å². The van der Waals surface area contributed by atoms with Crippen LogP contribution in [0.3, 0.4) is 0 Å². The Morgan fingerprint density at radius 1 is 1.16 bits per heavy atom. The van der Waals surface area contributed by atoms with E-state index in [0.717, 1.165) is 11.3 Å². The molecule has 25 heavy (non-hydrogen) atoms. The van der Waals surface area contributed by atoms with Crippen LogP contribution in [0, 0.1) is 5.82 Å². The van der Waals surface area contributed by atoms with Crippen molar-refractivity contribution in [1.29, 1.82) is 0 Å². The van der Waals surface area contributed by atoms with Crippen LogP contribution in [-0.4, -0.2) is 20.9 Å². The monoisotopic (exact) mass is 379 g/mol. The van der Waals surface area contributed by atoms with Gasteiger partial charge in [-0.05, 0) is 47.8 Å². The SMILES string of the molecule is O=C(NC[C@H](c1ccco1)S(=O)(=O)c1cccs1)c1ccc(F)cc1. The first-order valence-electron chi connectivity index (χ1n) is 7.33. The third-order valence-corrected chi connectivity index (χ3v) is 7.06. The molecular weight excluding hydrogens is 365 g/mol. The first-order chi connectivity index (χ1) is 12.0. The summed E-state index contributed by atoms with van der Waals surface area (Å²) in [5.74, 6) is -0.698. The summed E-state index contributed by atoms with van der Waals surface area (Å²) in [6.45, 7) is -0.163. The fourth-order valence-corrected chi connectivity index (χ4v) is 5.08. The number of thiophene rings is 1. The average Bonchev–Trinajstić information content (AvgIpc) is 3.29. The number of carbonyl (C=O) groups excluding carboxylic acids is 1. The first-order valence-corrected chi connectivity index (χ1v) is 9.75. The number of nitrogens with one attached hydrogen (secondary N) is 1. The van der Waals surface area contributed by atoms with E-state index in [1.807, 2.05) is 0 Å². The molecule has 0 bridgehead atoms. The van der Waals surface area contributed by atoms with E-state index in [1.165, 1.54) is 36.6 Å². The number of sulfone groups is 1. The zero-order valence-electron chi connectivity index (χ0n) is 12.9. The predicted octanol–water partition coefficient (Wildman–Crippen LogP) is 3.43. The van der Waals surface area contributed by atoms with Crippen LogP contribution in [0.25, 0.3) is 0 Å². The Bertz CT molecular complexity index is 933. The van der Waals surface area contributed by atoms with Gasteiger partial charge in [-0.2, -0.15) is 0 Å². The van der Waals surface area contributed by atoms with E-state index in [-0.39, 0.29) is 22.1 Å². The molecule has 8 heteroatoms. The fraction of sp³-hybridized carbons (Fsp3) is 0.118. The normalized spacial score (nSPS) is 12.7. The molecule has 0 aliphatic heterocycles. The largest absolute Gasteiger partial charge is 0.468 e. The molecule has 0 aliphatic rings. The maximum absolute atomic E-state index is 12.9. The summed E-state index contributed by atoms with van der Waals surface area (Å²) in [5.41, 5.74) is 0.244. The summed E-state index contributed by atoms with van der Waals surface area (Å²) in [5, 5.41) is 3.20. The molecule has 0 saturated carbocycles. The van der Waals surface area contributed by atoms with Gasteiger partial charge in [0, 0.05) is 12.1 Å². The van der Waals surface area contributed by atoms with E-state index in [0.29, 0.717) is 0 Å². The highest BCUT2D eigenvalue weighted by Gasteiger charge is 2.32. The quantitative estimate of drug-likeness (QED) is 0.712. The zero-order chi connectivity index (χ0) is 17.9. The Hall–Kier alpha value is -2.45. The van der Waals surface area contributed by atoms with Crippen LogP contribution in [0.5, 0.6) is 0 Å². The molecule has 1 amide bonds. The molecular formula is C17H14FNO4S2. The standard InChI is InChI=1S/C17H14FNO4S2/c18-13-7-5-12(6-8-13)17(20)19-11-15(14-3-1-9-23-14)25(21,22)16-4-2-10-24-16/h1-10,15H,11H2,(H,19,20)/t15-/m1/s1. The van der Waals surface area contributed by atoms with Crippen molar-refractivity contribution in [2.45, 2.75) is 9.46 Å². The first kappa shape index (κ1) is 17.4. The van der Waals surface area contributed by atoms with E-state index in [4.69, 9.17) is 4.42 Å². The van der Waals surface area contributed by atoms with E-state index in [2.05, 4.69) is 5.32 Å². The van der Waals surface area contributed by atoms with Gasteiger partial charge in [-0.1, -0.05) is 6.07 Å². The van der Waals surface area contributed by atoms with E-state index >= 15 is 0 Å². The molecule has 0 aliphatic carbocycles. The van der Waals surface area contributed by atoms with Crippen LogP contribution in [0.4, 0.5) is 4.39 Å². The Kier molecular flexibility index (Phi) is 5.00. The van der Waals surface area contributed by atoms with Gasteiger partial charge < -0.3 is 9.73 Å². The lowest BCUT2D eigenvalue weighted by molar-refractivity contribution is 0.0953. The molecule has 1 aromatic carbocycles. The highest BCUT2D eigenvalue weighted by atomic mass is 32.2. The van der Waals surface area contributed by atoms with Crippen molar-refractivity contribution >= 4 is 27.1 Å². The minimum Gasteiger partial charge on any atom is -0.468 e. The molecule has 0 spiro atoms. The maximum Gasteiger partial charge on any atom is 0.251 e. The van der Waals surface area contributed by atoms with Gasteiger partial charge in [0.2, 0.25) is 0 Å². The summed E-state index contributed by atoms with van der Waals surface area (Å²) in [6.07, 6.45) is 1.38. The Morgan fingerprint density at radius 2 is 1.92 bits per heavy atom. The second-order valence-electron chi connectivity index (χ2n) is 5.20. The van der Waals surface area contributed by atoms with Gasteiger partial charge in [-0.3, -0.25) is 4.79 Å². The third-order valence-electron chi connectivity index (χ3n) is 3.57. The van der Waals surface area contributed by atoms with Crippen LogP contribution < -0.4 is 5.32 Å². The summed E-state index contributed by atoms with van der Waals surface area (Å²) in [4.78, 5) is 12.2. The second-order valence-corrected chi connectivity index (χ2v) is 8.50. The lowest BCUT2D eigenvalue weighted by Gasteiger charge is -2.15. The molecule has 0 unspecified atom stereocenters. The minimum atomic E-state index is -3.72. The smallest absolute Gasteiger partial charge is 0.251 e. The molecule has 5 nitrogen and oxygen atoms in total. The number of benzene rings is 1. The number of amides is 1. The third kappa shape index (κ3) is 3.80. The highest BCUT2D eigenvalue weighted by molar-refractivity contribution is 7.93. The topological polar surface area (TPSA) is 76.4 Å². The predicted molar refractivity (Wildman–Crippen MR) is 91.7 cm³/mol. The maximum atomic E-state index is 12.9. The van der Waals surface area contributed by atoms with Crippen molar-refractivity contribution in [3.8, 4) is 0 Å². The van der Waals surface area contributed by atoms with Crippen molar-refractivity contribution in [1.82, 2.24) is 5.32 Å². The lowest BCUT2D eigenvalue weighted by atomic mass is 10.2. The van der Waals surface area contributed by atoms with Crippen molar-refractivity contribution < 1.29 is 22.0 Å². The molecule has 3 aromatic rings. The van der Waals surface area contributed by atoms with E-state index < -0.39 is 26.8 Å². The summed E-state index contributed by atoms with van der Waals surface area (Å²) in [7, 11) is -3.72. The molecule has 2 heterocycles. The zero-order valence-corrected chi connectivity index (χ0v) is 14.5. The Labute approximate surface area is 148 Å². The summed E-state index contributed by atoms with van der Waals surface area (Å²) in [6, 6.07) is 11.3. The molecule has 0 fully saturated rings. The van der Waals surface area contributed by atoms with Crippen molar-refractivity contribution in [2.24, 2.45) is 0 Å². The van der Waals surface area contributed by atoms with Crippen LogP contribution >= 0.6 is 11.3 Å². The van der Waals surface area contributed by atoms with Crippen molar-refractivity contribution in [3.05, 3.63) is 77.3 Å². The van der Waals surface area contributed by atoms with Crippen LogP contribution in [-0.2, 0) is 9.84 Å². The van der Waals surface area contributed by atoms with Gasteiger partial charge in [0.05, 0.1) is 6.26 Å². The van der Waals surface area contributed by atoms with Crippen molar-refractivity contribution in [3.63, 3.8) is 0 Å². The Morgan fingerprint density at radius 3 is 2.52 bits per heavy atom. The number of halogens is 1. The Balaban J connectivity index is 1.82. The number of carbonyl (C=O) groups is 1. The molecule has 2 aromatic heterocycles. The van der Waals surface area contributed by atoms with Crippen molar-refractivity contribution in [2.75, 3.05) is 6.54 Å². The molecule has 1 N–H and O–H groups in total. The van der Waals surface area contributed by atoms with Crippen LogP contribution in [0.2, 0.25) is 0 Å². The van der Waals surface area contributed by atoms with Gasteiger partial charge in [0.25, 0.3) is 5.91 Å². The second kappa shape index (κ2) is 7.20. The van der Waals surface area contributed by atoms with E-state index in [1.54, 1.807) is 23.6 Å². The number of furan rings is 1. The summed E-state index contributed by atoms with van der Waals surface area (Å²) < 4.78 is 44.1. The molecule has 130 valence electrons. The van der Waals surface area contributed by atoms with Gasteiger partial charge in [-0.25, -0.2) is 12.8 Å². The van der Waals surface area contributed by atoms with Crippen LogP contribution in [0.15, 0.2) is 68.8 Å². The molecule has 0 saturated heterocycles. The highest BCUT2D eigenvalue weighted by Crippen LogP contribution is 2.31. The molecule has 3 rings (SSSR count). The number of rotatable bonds is 6. The summed E-state index contributed by atoms with van der Waals surface area (Å²) >= 11 is 1.10. The van der Waals surface area contributed by atoms with Gasteiger partial charge in [-0.15, -0.1) is 11.3 Å². The number of hydrogen-bond acceptors (Lipinski definition) is 5. The fourth-order valence-electron chi connectivity index (χ4n) is 2.29. The average molecular weight is 379 g/mol. The minimum absolute atomic E-state index is 0.163. The van der Waals surface area contributed by atoms with Gasteiger partial charge >= 0.3 is 0 Å². The van der Waals surface area contributed by atoms with Gasteiger partial charge in [0.15, 0.2) is 9.84 Å². The molecule has 1 atom stereocenters. The van der Waals surface area contributed by atoms with Gasteiger partial charge in [0.1, 0.15) is 21.0 Å². The lowest BCUT2D eigenvalue weighted by Crippen LogP contribution is -2.31.